The number of aromatic nitrogens is 6. The molecule has 9 nitrogen and oxygen atoms in total. The minimum Gasteiger partial charge on any atom is -0.349 e. The van der Waals surface area contributed by atoms with Crippen LogP contribution in [0.4, 0.5) is 0 Å². The first-order valence-corrected chi connectivity index (χ1v) is 10.1. The molecule has 1 aliphatic heterocycles. The molecule has 0 atom stereocenters. The molecule has 1 fully saturated rings. The number of carbonyl (C=O) groups excluding carboxylic acids is 1. The summed E-state index contributed by atoms with van der Waals surface area (Å²) in [5.41, 5.74) is 1.79. The molecule has 30 heavy (non-hydrogen) atoms. The number of imidazole rings is 2. The fraction of sp³-hybridized carbons (Fsp3) is 0.286. The van der Waals surface area contributed by atoms with E-state index < -0.39 is 0 Å². The number of amides is 1. The lowest BCUT2D eigenvalue weighted by atomic mass is 10.3. The summed E-state index contributed by atoms with van der Waals surface area (Å²) in [6, 6.07) is 7.46. The first-order chi connectivity index (χ1) is 14.8. The van der Waals surface area contributed by atoms with E-state index in [9.17, 15) is 4.79 Å². The molecule has 0 spiro atoms. The zero-order valence-electron chi connectivity index (χ0n) is 16.5. The highest BCUT2D eigenvalue weighted by molar-refractivity contribution is 5.99. The quantitative estimate of drug-likeness (QED) is 0.529. The number of nitrogens with zero attached hydrogens (tertiary/aromatic N) is 7. The molecule has 0 saturated carbocycles. The molecule has 4 aromatic heterocycles. The number of pyridine rings is 1. The van der Waals surface area contributed by atoms with Crippen molar-refractivity contribution in [1.82, 2.24) is 39.1 Å². The maximum Gasteiger partial charge on any atom is 0.272 e. The van der Waals surface area contributed by atoms with Gasteiger partial charge in [0.2, 0.25) is 5.95 Å². The van der Waals surface area contributed by atoms with Crippen LogP contribution in [0.25, 0.3) is 23.0 Å². The summed E-state index contributed by atoms with van der Waals surface area (Å²) in [6.07, 6.45) is 11.2. The van der Waals surface area contributed by atoms with E-state index in [4.69, 9.17) is 0 Å². The maximum atomic E-state index is 12.9. The van der Waals surface area contributed by atoms with Gasteiger partial charge in [0.1, 0.15) is 12.0 Å². The van der Waals surface area contributed by atoms with Crippen molar-refractivity contribution in [2.24, 2.45) is 0 Å². The predicted molar refractivity (Wildman–Crippen MR) is 111 cm³/mol. The molecule has 1 saturated heterocycles. The van der Waals surface area contributed by atoms with Gasteiger partial charge < -0.3 is 10.2 Å². The topological polar surface area (TPSA) is 93.2 Å². The molecule has 1 amide bonds. The highest BCUT2D eigenvalue weighted by Gasteiger charge is 2.20. The summed E-state index contributed by atoms with van der Waals surface area (Å²) < 4.78 is 3.61. The zero-order valence-corrected chi connectivity index (χ0v) is 16.5. The lowest BCUT2D eigenvalue weighted by molar-refractivity contribution is 0.0947. The number of hydrogen-bond donors (Lipinski definition) is 1. The SMILES string of the molecule is O=C(NCCN1CCCC1)c1nc(-c2cn(-c3ncccn3)cn2)n2ccccc12. The number of likely N-dealkylation sites (tertiary alicyclic amines) is 1. The lowest BCUT2D eigenvalue weighted by Gasteiger charge is -2.14. The Morgan fingerprint density at radius 1 is 1.07 bits per heavy atom. The monoisotopic (exact) mass is 402 g/mol. The maximum absolute atomic E-state index is 12.9. The molecule has 5 rings (SSSR count). The van der Waals surface area contributed by atoms with Gasteiger partial charge in [-0.3, -0.25) is 13.8 Å². The Bertz CT molecular complexity index is 1160. The van der Waals surface area contributed by atoms with Crippen molar-refractivity contribution >= 4 is 11.4 Å². The van der Waals surface area contributed by atoms with Crippen LogP contribution in [-0.2, 0) is 0 Å². The Kier molecular flexibility index (Phi) is 4.94. The summed E-state index contributed by atoms with van der Waals surface area (Å²) in [4.78, 5) is 32.8. The molecule has 1 aliphatic rings. The Hall–Kier alpha value is -3.59. The van der Waals surface area contributed by atoms with Crippen molar-refractivity contribution in [3.05, 3.63) is 61.1 Å². The van der Waals surface area contributed by atoms with Crippen molar-refractivity contribution in [3.63, 3.8) is 0 Å². The Morgan fingerprint density at radius 2 is 1.90 bits per heavy atom. The van der Waals surface area contributed by atoms with E-state index in [0.717, 1.165) is 25.2 Å². The van der Waals surface area contributed by atoms with Crippen LogP contribution in [0.5, 0.6) is 0 Å². The number of fused-ring (bicyclic) bond motifs is 1. The van der Waals surface area contributed by atoms with E-state index in [0.29, 0.717) is 29.7 Å². The van der Waals surface area contributed by atoms with Gasteiger partial charge in [-0.15, -0.1) is 0 Å². The van der Waals surface area contributed by atoms with Gasteiger partial charge in [0.15, 0.2) is 11.5 Å². The Balaban J connectivity index is 1.41. The van der Waals surface area contributed by atoms with Crippen LogP contribution in [0.2, 0.25) is 0 Å². The van der Waals surface area contributed by atoms with E-state index in [1.807, 2.05) is 35.0 Å². The standard InChI is InChI=1S/C21H22N8O/c30-20(22-9-13-27-10-3-4-11-27)18-17-6-1-2-12-29(17)19(26-18)16-14-28(15-25-16)21-23-7-5-8-24-21/h1-2,5-8,12,14-15H,3-4,9-11,13H2,(H,22,30). The van der Waals surface area contributed by atoms with Gasteiger partial charge in [-0.1, -0.05) is 6.07 Å². The fourth-order valence-corrected chi connectivity index (χ4v) is 3.78. The summed E-state index contributed by atoms with van der Waals surface area (Å²) in [5.74, 6) is 0.955. The van der Waals surface area contributed by atoms with Crippen molar-refractivity contribution < 1.29 is 4.79 Å². The summed E-state index contributed by atoms with van der Waals surface area (Å²) in [5, 5.41) is 3.01. The zero-order chi connectivity index (χ0) is 20.3. The average molecular weight is 402 g/mol. The lowest BCUT2D eigenvalue weighted by Crippen LogP contribution is -2.33. The second-order valence-electron chi connectivity index (χ2n) is 7.26. The normalized spacial score (nSPS) is 14.4. The molecule has 5 heterocycles. The highest BCUT2D eigenvalue weighted by Crippen LogP contribution is 2.22. The summed E-state index contributed by atoms with van der Waals surface area (Å²) in [7, 11) is 0. The van der Waals surface area contributed by atoms with Crippen LogP contribution >= 0.6 is 0 Å². The van der Waals surface area contributed by atoms with Crippen molar-refractivity contribution in [1.29, 1.82) is 0 Å². The van der Waals surface area contributed by atoms with Crippen molar-refractivity contribution in [2.45, 2.75) is 12.8 Å². The van der Waals surface area contributed by atoms with Crippen LogP contribution in [-0.4, -0.2) is 65.9 Å². The molecule has 4 aromatic rings. The second-order valence-corrected chi connectivity index (χ2v) is 7.26. The number of rotatable bonds is 6. The van der Waals surface area contributed by atoms with E-state index in [-0.39, 0.29) is 5.91 Å². The van der Waals surface area contributed by atoms with Crippen LogP contribution in [0.15, 0.2) is 55.4 Å². The van der Waals surface area contributed by atoms with Crippen LogP contribution in [0, 0.1) is 0 Å². The molecule has 152 valence electrons. The minimum absolute atomic E-state index is 0.171. The van der Waals surface area contributed by atoms with Gasteiger partial charge in [0.25, 0.3) is 5.91 Å². The Morgan fingerprint density at radius 3 is 2.73 bits per heavy atom. The molecule has 1 N–H and O–H groups in total. The molecule has 0 unspecified atom stereocenters. The van der Waals surface area contributed by atoms with Gasteiger partial charge >= 0.3 is 0 Å². The predicted octanol–water partition coefficient (Wildman–Crippen LogP) is 1.80. The Labute approximate surface area is 173 Å². The smallest absolute Gasteiger partial charge is 0.272 e. The largest absolute Gasteiger partial charge is 0.349 e. The second kappa shape index (κ2) is 8.03. The highest BCUT2D eigenvalue weighted by atomic mass is 16.1. The van der Waals surface area contributed by atoms with Gasteiger partial charge in [-0.25, -0.2) is 19.9 Å². The summed E-state index contributed by atoms with van der Waals surface area (Å²) in [6.45, 7) is 3.70. The fourth-order valence-electron chi connectivity index (χ4n) is 3.78. The first-order valence-electron chi connectivity index (χ1n) is 10.1. The van der Waals surface area contributed by atoms with E-state index in [1.165, 1.54) is 12.8 Å². The third-order valence-corrected chi connectivity index (χ3v) is 5.27. The van der Waals surface area contributed by atoms with Crippen LogP contribution < -0.4 is 5.32 Å². The van der Waals surface area contributed by atoms with E-state index in [2.05, 4.69) is 30.2 Å². The molecule has 0 aliphatic carbocycles. The van der Waals surface area contributed by atoms with Crippen molar-refractivity contribution in [3.8, 4) is 17.5 Å². The van der Waals surface area contributed by atoms with Gasteiger partial charge in [-0.05, 0) is 44.1 Å². The van der Waals surface area contributed by atoms with Gasteiger partial charge in [0, 0.05) is 37.9 Å². The number of hydrogen-bond acceptors (Lipinski definition) is 6. The third kappa shape index (κ3) is 3.55. The van der Waals surface area contributed by atoms with E-state index in [1.54, 1.807) is 29.4 Å². The molecule has 0 aromatic carbocycles. The molecular weight excluding hydrogens is 380 g/mol. The minimum atomic E-state index is -0.171. The van der Waals surface area contributed by atoms with Crippen LogP contribution in [0.3, 0.4) is 0 Å². The van der Waals surface area contributed by atoms with Gasteiger partial charge in [0.05, 0.1) is 5.52 Å². The molecule has 0 bridgehead atoms. The first kappa shape index (κ1) is 18.4. The average Bonchev–Trinajstić information content (AvgIpc) is 3.54. The molecule has 9 heteroatoms. The summed E-state index contributed by atoms with van der Waals surface area (Å²) >= 11 is 0. The van der Waals surface area contributed by atoms with Crippen molar-refractivity contribution in [2.75, 3.05) is 26.2 Å². The van der Waals surface area contributed by atoms with E-state index >= 15 is 0 Å². The number of nitrogens with one attached hydrogen (secondary N) is 1. The molecular formula is C21H22N8O. The third-order valence-electron chi connectivity index (χ3n) is 5.27. The van der Waals surface area contributed by atoms with Gasteiger partial charge in [-0.2, -0.15) is 0 Å². The molecule has 0 radical (unpaired) electrons. The number of carbonyl (C=O) groups is 1. The van der Waals surface area contributed by atoms with Crippen LogP contribution in [0.1, 0.15) is 23.3 Å².